The van der Waals surface area contributed by atoms with Gasteiger partial charge in [0.2, 0.25) is 0 Å². The molecule has 0 heterocycles. The summed E-state index contributed by atoms with van der Waals surface area (Å²) >= 11 is 0. The van der Waals surface area contributed by atoms with Gasteiger partial charge in [0.05, 0.1) is 9.85 Å². The van der Waals surface area contributed by atoms with E-state index in [1.54, 1.807) is 0 Å². The van der Waals surface area contributed by atoms with Crippen molar-refractivity contribution in [2.24, 2.45) is 0 Å². The van der Waals surface area contributed by atoms with E-state index in [2.05, 4.69) is 0 Å². The zero-order chi connectivity index (χ0) is 9.14. The van der Waals surface area contributed by atoms with Gasteiger partial charge in [-0.3, -0.25) is 20.2 Å². The smallest absolute Gasteiger partial charge is 0.258 e. The molecule has 0 radical (unpaired) electrons. The standard InChI is InChI=1S/C6H4N2O4.Zn/c9-7(10)5-3-1-2-4-6(5)8(11)12;/h1-4H;. The fourth-order valence-electron chi connectivity index (χ4n) is 0.773. The Kier molecular flexibility index (Phi) is 4.13. The molecule has 1 aromatic carbocycles. The van der Waals surface area contributed by atoms with Crippen LogP contribution in [0, 0.1) is 20.2 Å². The van der Waals surface area contributed by atoms with E-state index in [9.17, 15) is 20.2 Å². The van der Waals surface area contributed by atoms with Crippen molar-refractivity contribution < 1.29 is 29.3 Å². The topological polar surface area (TPSA) is 86.3 Å². The van der Waals surface area contributed by atoms with Crippen LogP contribution in [0.25, 0.3) is 0 Å². The Morgan fingerprint density at radius 1 is 0.923 bits per heavy atom. The van der Waals surface area contributed by atoms with Gasteiger partial charge in [0, 0.05) is 31.6 Å². The molecule has 0 aliphatic carbocycles. The summed E-state index contributed by atoms with van der Waals surface area (Å²) in [6.45, 7) is 0. The van der Waals surface area contributed by atoms with Crippen molar-refractivity contribution in [1.29, 1.82) is 0 Å². The minimum atomic E-state index is -0.780. The predicted molar refractivity (Wildman–Crippen MR) is 39.8 cm³/mol. The van der Waals surface area contributed by atoms with E-state index in [1.165, 1.54) is 12.1 Å². The molecule has 0 aliphatic heterocycles. The quantitative estimate of drug-likeness (QED) is 0.440. The molecular formula is C6H4N2O4Zn. The normalized spacial score (nSPS) is 8.62. The molecule has 64 valence electrons. The van der Waals surface area contributed by atoms with Crippen molar-refractivity contribution in [2.75, 3.05) is 0 Å². The van der Waals surface area contributed by atoms with Gasteiger partial charge in [0.1, 0.15) is 0 Å². The second kappa shape index (κ2) is 4.62. The monoisotopic (exact) mass is 232 g/mol. The maximum absolute atomic E-state index is 10.2. The zero-order valence-corrected chi connectivity index (χ0v) is 9.51. The van der Waals surface area contributed by atoms with E-state index in [4.69, 9.17) is 0 Å². The van der Waals surface area contributed by atoms with Crippen LogP contribution in [0.4, 0.5) is 11.4 Å². The molecule has 1 rings (SSSR count). The number of benzene rings is 1. The first-order chi connectivity index (χ1) is 5.63. The molecule has 1 aromatic rings. The van der Waals surface area contributed by atoms with Gasteiger partial charge in [-0.2, -0.15) is 0 Å². The summed E-state index contributed by atoms with van der Waals surface area (Å²) in [6, 6.07) is 4.95. The molecule has 0 saturated carbocycles. The summed E-state index contributed by atoms with van der Waals surface area (Å²) in [6.07, 6.45) is 0. The van der Waals surface area contributed by atoms with E-state index >= 15 is 0 Å². The Bertz CT molecular complexity index is 308. The minimum Gasteiger partial charge on any atom is -0.258 e. The molecule has 0 N–H and O–H groups in total. The van der Waals surface area contributed by atoms with Crippen LogP contribution in [0.2, 0.25) is 0 Å². The largest absolute Gasteiger partial charge is 0.346 e. The molecular weight excluding hydrogens is 229 g/mol. The Morgan fingerprint density at radius 2 is 1.23 bits per heavy atom. The van der Waals surface area contributed by atoms with E-state index in [0.717, 1.165) is 12.1 Å². The van der Waals surface area contributed by atoms with Gasteiger partial charge >= 0.3 is 11.4 Å². The van der Waals surface area contributed by atoms with Gasteiger partial charge in [0.15, 0.2) is 0 Å². The first-order valence-electron chi connectivity index (χ1n) is 3.00. The van der Waals surface area contributed by atoms with Gasteiger partial charge < -0.3 is 0 Å². The molecule has 13 heavy (non-hydrogen) atoms. The van der Waals surface area contributed by atoms with Crippen molar-refractivity contribution in [3.8, 4) is 0 Å². The number of nitrogens with zero attached hydrogens (tertiary/aromatic N) is 2. The molecule has 0 amide bonds. The first kappa shape index (κ1) is 11.6. The van der Waals surface area contributed by atoms with Gasteiger partial charge in [-0.1, -0.05) is 12.1 Å². The van der Waals surface area contributed by atoms with Gasteiger partial charge in [-0.05, 0) is 0 Å². The second-order valence-electron chi connectivity index (χ2n) is 2.00. The van der Waals surface area contributed by atoms with E-state index in [0.29, 0.717) is 0 Å². The van der Waals surface area contributed by atoms with Gasteiger partial charge in [-0.25, -0.2) is 0 Å². The third kappa shape index (κ3) is 2.55. The Hall–Kier alpha value is -1.36. The molecule has 0 bridgehead atoms. The number of rotatable bonds is 2. The summed E-state index contributed by atoms with van der Waals surface area (Å²) in [4.78, 5) is 18.9. The van der Waals surface area contributed by atoms with Crippen LogP contribution >= 0.6 is 0 Å². The molecule has 0 saturated heterocycles. The maximum atomic E-state index is 10.2. The third-order valence-corrected chi connectivity index (χ3v) is 1.28. The number of hydrogen-bond acceptors (Lipinski definition) is 4. The van der Waals surface area contributed by atoms with Crippen LogP contribution in [0.5, 0.6) is 0 Å². The van der Waals surface area contributed by atoms with Crippen LogP contribution in [0.15, 0.2) is 24.3 Å². The van der Waals surface area contributed by atoms with Crippen molar-refractivity contribution in [3.05, 3.63) is 44.5 Å². The van der Waals surface area contributed by atoms with Gasteiger partial charge in [-0.15, -0.1) is 0 Å². The summed E-state index contributed by atoms with van der Waals surface area (Å²) in [5.41, 5.74) is -0.968. The van der Waals surface area contributed by atoms with Crippen LogP contribution in [0.3, 0.4) is 0 Å². The maximum Gasteiger partial charge on any atom is 0.346 e. The number of hydrogen-bond donors (Lipinski definition) is 0. The van der Waals surface area contributed by atoms with Gasteiger partial charge in [0.25, 0.3) is 0 Å². The van der Waals surface area contributed by atoms with E-state index in [-0.39, 0.29) is 19.5 Å². The van der Waals surface area contributed by atoms with Crippen LogP contribution < -0.4 is 0 Å². The summed E-state index contributed by atoms with van der Waals surface area (Å²) < 4.78 is 0. The number of para-hydroxylation sites is 2. The molecule has 7 heteroatoms. The average Bonchev–Trinajstić information content (AvgIpc) is 2.04. The van der Waals surface area contributed by atoms with Crippen molar-refractivity contribution in [3.63, 3.8) is 0 Å². The van der Waals surface area contributed by atoms with E-state index in [1.807, 2.05) is 0 Å². The first-order valence-corrected chi connectivity index (χ1v) is 3.00. The third-order valence-electron chi connectivity index (χ3n) is 1.28. The Morgan fingerprint density at radius 3 is 1.46 bits per heavy atom. The average molecular weight is 233 g/mol. The fourth-order valence-corrected chi connectivity index (χ4v) is 0.773. The predicted octanol–water partition coefficient (Wildman–Crippen LogP) is 1.50. The number of nitro groups is 2. The number of nitro benzene ring substituents is 2. The molecule has 0 spiro atoms. The summed E-state index contributed by atoms with van der Waals surface area (Å²) in [7, 11) is 0. The van der Waals surface area contributed by atoms with E-state index < -0.39 is 21.2 Å². The molecule has 0 aromatic heterocycles. The van der Waals surface area contributed by atoms with Crippen LogP contribution in [0.1, 0.15) is 0 Å². The SMILES string of the molecule is O=[N+]([O-])c1ccccc1[N+](=O)[O-].[Zn]. The molecule has 0 atom stereocenters. The Labute approximate surface area is 85.6 Å². The molecule has 0 unspecified atom stereocenters. The zero-order valence-electron chi connectivity index (χ0n) is 6.54. The van der Waals surface area contributed by atoms with Crippen molar-refractivity contribution >= 4 is 11.4 Å². The fraction of sp³-hybridized carbons (Fsp3) is 0. The van der Waals surface area contributed by atoms with Crippen LogP contribution in [-0.4, -0.2) is 9.85 Å². The minimum absolute atomic E-state index is 0. The van der Waals surface area contributed by atoms with Crippen molar-refractivity contribution in [2.45, 2.75) is 0 Å². The second-order valence-corrected chi connectivity index (χ2v) is 2.00. The summed E-state index contributed by atoms with van der Waals surface area (Å²) in [5, 5.41) is 20.5. The van der Waals surface area contributed by atoms with Crippen LogP contribution in [-0.2, 0) is 19.5 Å². The molecule has 0 fully saturated rings. The molecule has 6 nitrogen and oxygen atoms in total. The van der Waals surface area contributed by atoms with Crippen molar-refractivity contribution in [1.82, 2.24) is 0 Å². The summed E-state index contributed by atoms with van der Waals surface area (Å²) in [5.74, 6) is 0. The Balaban J connectivity index is 0.00000144. The molecule has 0 aliphatic rings.